The van der Waals surface area contributed by atoms with Gasteiger partial charge in [-0.15, -0.1) is 0 Å². The van der Waals surface area contributed by atoms with Crippen molar-refractivity contribution in [1.29, 1.82) is 0 Å². The standard InChI is InChI=1S/C33H44/c1-23-10-15-31(28(6)18-23)20-25(3)8-13-30-14-9-27(5)22-33(30)17-12-26(4)21-32-16-11-24(2)19-29(32)7/h9-11,14-16,18-19,22,25-26H,8,12-13,17,20-21H2,1-7H3. The van der Waals surface area contributed by atoms with Gasteiger partial charge in [0.25, 0.3) is 0 Å². The van der Waals surface area contributed by atoms with Crippen molar-refractivity contribution in [2.24, 2.45) is 11.8 Å². The van der Waals surface area contributed by atoms with E-state index in [0.29, 0.717) is 11.8 Å². The Balaban J connectivity index is 1.58. The largest absolute Gasteiger partial charge is 0.0622 e. The van der Waals surface area contributed by atoms with Crippen LogP contribution in [0.15, 0.2) is 54.6 Å². The van der Waals surface area contributed by atoms with Gasteiger partial charge in [0, 0.05) is 0 Å². The summed E-state index contributed by atoms with van der Waals surface area (Å²) in [6.45, 7) is 15.9. The van der Waals surface area contributed by atoms with Crippen LogP contribution in [0, 0.1) is 46.5 Å². The van der Waals surface area contributed by atoms with Crippen molar-refractivity contribution in [3.63, 3.8) is 0 Å². The van der Waals surface area contributed by atoms with E-state index in [1.807, 2.05) is 0 Å². The van der Waals surface area contributed by atoms with Crippen LogP contribution < -0.4 is 0 Å². The highest BCUT2D eigenvalue weighted by Gasteiger charge is 2.12. The van der Waals surface area contributed by atoms with E-state index in [2.05, 4.69) is 103 Å². The highest BCUT2D eigenvalue weighted by molar-refractivity contribution is 5.33. The van der Waals surface area contributed by atoms with Crippen LogP contribution in [0.25, 0.3) is 0 Å². The molecule has 0 nitrogen and oxygen atoms in total. The first-order chi connectivity index (χ1) is 15.7. The lowest BCUT2D eigenvalue weighted by atomic mass is 9.88. The van der Waals surface area contributed by atoms with Gasteiger partial charge in [0.15, 0.2) is 0 Å². The van der Waals surface area contributed by atoms with E-state index in [1.165, 1.54) is 77.5 Å². The van der Waals surface area contributed by atoms with Crippen molar-refractivity contribution in [1.82, 2.24) is 0 Å². The first-order valence-corrected chi connectivity index (χ1v) is 12.9. The summed E-state index contributed by atoms with van der Waals surface area (Å²) in [5.74, 6) is 1.40. The SMILES string of the molecule is Cc1ccc(CC(C)CCc2ccc(C)cc2CCC(C)Cc2ccc(C)cc2C)c(C)c1. The molecule has 0 saturated heterocycles. The molecule has 3 rings (SSSR count). The molecule has 2 atom stereocenters. The Morgan fingerprint density at radius 3 is 1.33 bits per heavy atom. The molecule has 2 unspecified atom stereocenters. The predicted molar refractivity (Wildman–Crippen MR) is 145 cm³/mol. The van der Waals surface area contributed by atoms with Gasteiger partial charge in [0.2, 0.25) is 0 Å². The Morgan fingerprint density at radius 1 is 0.485 bits per heavy atom. The predicted octanol–water partition coefficient (Wildman–Crippen LogP) is 8.85. The van der Waals surface area contributed by atoms with Crippen LogP contribution in [0.5, 0.6) is 0 Å². The maximum Gasteiger partial charge on any atom is -0.0250 e. The molecular formula is C33H44. The zero-order valence-electron chi connectivity index (χ0n) is 22.1. The number of aryl methyl sites for hydroxylation is 7. The minimum Gasteiger partial charge on any atom is -0.0622 e. The van der Waals surface area contributed by atoms with Gasteiger partial charge < -0.3 is 0 Å². The summed E-state index contributed by atoms with van der Waals surface area (Å²) < 4.78 is 0. The number of benzene rings is 3. The van der Waals surface area contributed by atoms with Gasteiger partial charge in [-0.1, -0.05) is 85.1 Å². The summed E-state index contributed by atoms with van der Waals surface area (Å²) >= 11 is 0. The fourth-order valence-corrected chi connectivity index (χ4v) is 5.14. The molecule has 0 aliphatic carbocycles. The molecular weight excluding hydrogens is 396 g/mol. The maximum absolute atomic E-state index is 2.44. The molecule has 0 aromatic heterocycles. The zero-order valence-corrected chi connectivity index (χ0v) is 22.1. The van der Waals surface area contributed by atoms with Crippen LogP contribution in [0.2, 0.25) is 0 Å². The summed E-state index contributed by atoms with van der Waals surface area (Å²) in [7, 11) is 0. The zero-order chi connectivity index (χ0) is 24.0. The Kier molecular flexibility index (Phi) is 8.95. The van der Waals surface area contributed by atoms with Crippen LogP contribution >= 0.6 is 0 Å². The molecule has 3 aromatic carbocycles. The van der Waals surface area contributed by atoms with Crippen molar-refractivity contribution in [3.05, 3.63) is 105 Å². The van der Waals surface area contributed by atoms with Gasteiger partial charge in [0.1, 0.15) is 0 Å². The van der Waals surface area contributed by atoms with Crippen LogP contribution in [0.3, 0.4) is 0 Å². The molecule has 33 heavy (non-hydrogen) atoms. The van der Waals surface area contributed by atoms with E-state index < -0.39 is 0 Å². The fraction of sp³-hybridized carbons (Fsp3) is 0.455. The van der Waals surface area contributed by atoms with Crippen molar-refractivity contribution < 1.29 is 0 Å². The van der Waals surface area contributed by atoms with E-state index in [9.17, 15) is 0 Å². The van der Waals surface area contributed by atoms with E-state index in [-0.39, 0.29) is 0 Å². The fourth-order valence-electron chi connectivity index (χ4n) is 5.14. The van der Waals surface area contributed by atoms with Crippen LogP contribution in [0.4, 0.5) is 0 Å². The highest BCUT2D eigenvalue weighted by atomic mass is 14.2. The second-order valence-electron chi connectivity index (χ2n) is 10.8. The van der Waals surface area contributed by atoms with Gasteiger partial charge in [-0.05, 0) is 118 Å². The Hall–Kier alpha value is -2.34. The third-order valence-corrected chi connectivity index (χ3v) is 7.31. The second kappa shape index (κ2) is 11.7. The summed E-state index contributed by atoms with van der Waals surface area (Å²) in [5, 5.41) is 0. The third-order valence-electron chi connectivity index (χ3n) is 7.31. The summed E-state index contributed by atoms with van der Waals surface area (Å²) in [6.07, 6.45) is 7.24. The van der Waals surface area contributed by atoms with Crippen molar-refractivity contribution in [2.75, 3.05) is 0 Å². The van der Waals surface area contributed by atoms with Crippen LogP contribution in [-0.4, -0.2) is 0 Å². The second-order valence-corrected chi connectivity index (χ2v) is 10.8. The maximum atomic E-state index is 2.44. The summed E-state index contributed by atoms with van der Waals surface area (Å²) in [4.78, 5) is 0. The molecule has 0 N–H and O–H groups in total. The first kappa shape index (κ1) is 25.3. The van der Waals surface area contributed by atoms with Crippen molar-refractivity contribution in [2.45, 2.75) is 87.0 Å². The normalized spacial score (nSPS) is 13.2. The van der Waals surface area contributed by atoms with Gasteiger partial charge in [-0.3, -0.25) is 0 Å². The monoisotopic (exact) mass is 440 g/mol. The van der Waals surface area contributed by atoms with Crippen LogP contribution in [0.1, 0.15) is 76.8 Å². The quantitative estimate of drug-likeness (QED) is 0.295. The number of hydrogen-bond acceptors (Lipinski definition) is 0. The van der Waals surface area contributed by atoms with Crippen molar-refractivity contribution in [3.8, 4) is 0 Å². The third kappa shape index (κ3) is 7.60. The first-order valence-electron chi connectivity index (χ1n) is 12.9. The molecule has 0 amide bonds. The molecule has 0 aliphatic rings. The molecule has 0 aliphatic heterocycles. The molecule has 0 bridgehead atoms. The summed E-state index contributed by atoms with van der Waals surface area (Å²) in [5.41, 5.74) is 13.1. The minimum absolute atomic E-state index is 0.697. The Labute approximate surface area is 203 Å². The molecule has 0 heteroatoms. The Bertz CT molecular complexity index is 1060. The van der Waals surface area contributed by atoms with Gasteiger partial charge >= 0.3 is 0 Å². The topological polar surface area (TPSA) is 0 Å². The summed E-state index contributed by atoms with van der Waals surface area (Å²) in [6, 6.07) is 20.9. The van der Waals surface area contributed by atoms with E-state index in [4.69, 9.17) is 0 Å². The van der Waals surface area contributed by atoms with Gasteiger partial charge in [-0.25, -0.2) is 0 Å². The van der Waals surface area contributed by atoms with E-state index in [1.54, 1.807) is 11.1 Å². The lowest BCUT2D eigenvalue weighted by molar-refractivity contribution is 0.517. The van der Waals surface area contributed by atoms with Gasteiger partial charge in [0.05, 0.1) is 0 Å². The molecule has 176 valence electrons. The number of hydrogen-bond donors (Lipinski definition) is 0. The lowest BCUT2D eigenvalue weighted by Gasteiger charge is -2.18. The smallest absolute Gasteiger partial charge is 0.0250 e. The van der Waals surface area contributed by atoms with Gasteiger partial charge in [-0.2, -0.15) is 0 Å². The molecule has 0 radical (unpaired) electrons. The average Bonchev–Trinajstić information content (AvgIpc) is 2.75. The highest BCUT2D eigenvalue weighted by Crippen LogP contribution is 2.24. The molecule has 0 spiro atoms. The molecule has 0 fully saturated rings. The van der Waals surface area contributed by atoms with Crippen LogP contribution in [-0.2, 0) is 25.7 Å². The van der Waals surface area contributed by atoms with E-state index in [0.717, 1.165) is 0 Å². The lowest BCUT2D eigenvalue weighted by Crippen LogP contribution is -2.07. The molecule has 3 aromatic rings. The Morgan fingerprint density at radius 2 is 0.879 bits per heavy atom. The molecule has 0 heterocycles. The average molecular weight is 441 g/mol. The van der Waals surface area contributed by atoms with E-state index >= 15 is 0 Å². The minimum atomic E-state index is 0.697. The van der Waals surface area contributed by atoms with Crippen molar-refractivity contribution >= 4 is 0 Å². The number of rotatable bonds is 10. The molecule has 0 saturated carbocycles.